The van der Waals surface area contributed by atoms with Gasteiger partial charge in [0.05, 0.1) is 5.69 Å². The van der Waals surface area contributed by atoms with E-state index in [0.717, 1.165) is 17.1 Å². The average Bonchev–Trinajstić information content (AvgIpc) is 3.12. The number of nitrogens with two attached hydrogens (primary N) is 1. The molecule has 10 heteroatoms. The lowest BCUT2D eigenvalue weighted by Crippen LogP contribution is -2.42. The molecule has 2 unspecified atom stereocenters. The summed E-state index contributed by atoms with van der Waals surface area (Å²) in [5.41, 5.74) is 5.18. The molecule has 152 valence electrons. The number of hydrogen-bond donors (Lipinski definition) is 2. The first-order valence-corrected chi connectivity index (χ1v) is 8.51. The summed E-state index contributed by atoms with van der Waals surface area (Å²) in [7, 11) is 0. The summed E-state index contributed by atoms with van der Waals surface area (Å²) in [6, 6.07) is 8.44. The van der Waals surface area contributed by atoms with Crippen molar-refractivity contribution in [2.75, 3.05) is 5.01 Å². The number of nitrogens with one attached hydrogen (secondary N) is 1. The number of amides is 2. The summed E-state index contributed by atoms with van der Waals surface area (Å²) >= 11 is 0. The van der Waals surface area contributed by atoms with E-state index in [1.54, 1.807) is 6.07 Å². The zero-order chi connectivity index (χ0) is 21.2. The number of rotatable bonds is 5. The normalized spacial score (nSPS) is 17.6. The van der Waals surface area contributed by atoms with Gasteiger partial charge in [0.25, 0.3) is 5.91 Å². The number of primary amides is 1. The van der Waals surface area contributed by atoms with E-state index in [1.807, 2.05) is 5.32 Å². The molecule has 0 bridgehead atoms. The molecular weight excluding hydrogens is 392 g/mol. The van der Waals surface area contributed by atoms with Crippen LogP contribution in [-0.2, 0) is 9.59 Å². The van der Waals surface area contributed by atoms with Crippen molar-refractivity contribution in [2.45, 2.75) is 24.7 Å². The maximum Gasteiger partial charge on any atom is 0.412 e. The van der Waals surface area contributed by atoms with Crippen molar-refractivity contribution >= 4 is 23.2 Å². The maximum atomic E-state index is 13.5. The Morgan fingerprint density at radius 1 is 1.10 bits per heavy atom. The van der Waals surface area contributed by atoms with Gasteiger partial charge in [-0.2, -0.15) is 18.3 Å². The van der Waals surface area contributed by atoms with Crippen molar-refractivity contribution in [1.82, 2.24) is 5.32 Å². The third-order valence-electron chi connectivity index (χ3n) is 4.33. The van der Waals surface area contributed by atoms with E-state index in [9.17, 15) is 27.2 Å². The molecule has 1 aliphatic heterocycles. The molecule has 2 aromatic carbocycles. The molecule has 0 aromatic heterocycles. The average molecular weight is 408 g/mol. The fourth-order valence-corrected chi connectivity index (χ4v) is 2.91. The van der Waals surface area contributed by atoms with Crippen LogP contribution in [0.15, 0.2) is 59.7 Å². The highest BCUT2D eigenvalue weighted by Crippen LogP contribution is 2.33. The molecule has 3 rings (SSSR count). The number of carbonyl (C=O) groups is 2. The van der Waals surface area contributed by atoms with E-state index in [-0.39, 0.29) is 23.4 Å². The Kier molecular flexibility index (Phi) is 5.53. The molecule has 0 radical (unpaired) electrons. The molecule has 0 spiro atoms. The minimum absolute atomic E-state index is 0.145. The van der Waals surface area contributed by atoms with Gasteiger partial charge in [0, 0.05) is 6.42 Å². The van der Waals surface area contributed by atoms with Crippen LogP contribution in [0.4, 0.5) is 23.2 Å². The molecule has 1 heterocycles. The number of hydrazone groups is 1. The zero-order valence-corrected chi connectivity index (χ0v) is 14.9. The SMILES string of the molecule is NC(=O)C1CC(C(=O)NC(c2ccccc2)C(F)(F)F)=NN1c1ccc(F)cc1. The smallest absolute Gasteiger partial charge is 0.368 e. The summed E-state index contributed by atoms with van der Waals surface area (Å²) in [5.74, 6) is -2.43. The Morgan fingerprint density at radius 3 is 2.28 bits per heavy atom. The Labute approximate surface area is 163 Å². The van der Waals surface area contributed by atoms with Crippen molar-refractivity contribution in [3.63, 3.8) is 0 Å². The summed E-state index contributed by atoms with van der Waals surface area (Å²) in [6.07, 6.45) is -5.02. The summed E-state index contributed by atoms with van der Waals surface area (Å²) in [5, 5.41) is 6.99. The minimum atomic E-state index is -4.74. The van der Waals surface area contributed by atoms with E-state index >= 15 is 0 Å². The van der Waals surface area contributed by atoms with Crippen molar-refractivity contribution in [1.29, 1.82) is 0 Å². The van der Waals surface area contributed by atoms with Gasteiger partial charge in [0.1, 0.15) is 17.6 Å². The van der Waals surface area contributed by atoms with Gasteiger partial charge in [-0.15, -0.1) is 0 Å². The predicted molar refractivity (Wildman–Crippen MR) is 97.3 cm³/mol. The van der Waals surface area contributed by atoms with Gasteiger partial charge in [-0.25, -0.2) is 4.39 Å². The Morgan fingerprint density at radius 2 is 1.72 bits per heavy atom. The minimum Gasteiger partial charge on any atom is -0.368 e. The first-order chi connectivity index (χ1) is 13.7. The van der Waals surface area contributed by atoms with Gasteiger partial charge >= 0.3 is 6.18 Å². The molecule has 2 amide bonds. The van der Waals surface area contributed by atoms with Gasteiger partial charge in [-0.1, -0.05) is 30.3 Å². The van der Waals surface area contributed by atoms with Crippen LogP contribution >= 0.6 is 0 Å². The number of anilines is 1. The monoisotopic (exact) mass is 408 g/mol. The van der Waals surface area contributed by atoms with Crippen molar-refractivity contribution in [3.05, 3.63) is 66.0 Å². The van der Waals surface area contributed by atoms with Crippen LogP contribution in [0.2, 0.25) is 0 Å². The van der Waals surface area contributed by atoms with Crippen LogP contribution in [-0.4, -0.2) is 29.7 Å². The molecule has 0 aliphatic carbocycles. The maximum absolute atomic E-state index is 13.5. The van der Waals surface area contributed by atoms with Crippen molar-refractivity contribution in [3.8, 4) is 0 Å². The van der Waals surface area contributed by atoms with E-state index in [4.69, 9.17) is 5.73 Å². The van der Waals surface area contributed by atoms with E-state index in [0.29, 0.717) is 0 Å². The highest BCUT2D eigenvalue weighted by molar-refractivity contribution is 6.40. The number of halogens is 4. The number of hydrogen-bond acceptors (Lipinski definition) is 4. The number of carbonyl (C=O) groups excluding carboxylic acids is 2. The van der Waals surface area contributed by atoms with Crippen molar-refractivity contribution in [2.24, 2.45) is 10.8 Å². The lowest BCUT2D eigenvalue weighted by molar-refractivity contribution is -0.161. The van der Waals surface area contributed by atoms with Gasteiger partial charge in [0.15, 0.2) is 6.04 Å². The second kappa shape index (κ2) is 7.90. The van der Waals surface area contributed by atoms with Crippen LogP contribution in [0.25, 0.3) is 0 Å². The largest absolute Gasteiger partial charge is 0.412 e. The molecular formula is C19H16F4N4O2. The molecule has 6 nitrogen and oxygen atoms in total. The standard InChI is InChI=1S/C19H16F4N4O2/c20-12-6-8-13(9-7-12)27-15(17(24)28)10-14(26-27)18(29)25-16(19(21,22)23)11-4-2-1-3-5-11/h1-9,15-16H,10H2,(H2,24,28)(H,25,29). The second-order valence-corrected chi connectivity index (χ2v) is 6.35. The number of benzene rings is 2. The van der Waals surface area contributed by atoms with Crippen LogP contribution < -0.4 is 16.1 Å². The fourth-order valence-electron chi connectivity index (χ4n) is 2.91. The fraction of sp³-hybridized carbons (Fsp3) is 0.211. The molecule has 3 N–H and O–H groups in total. The Bertz CT molecular complexity index is 929. The highest BCUT2D eigenvalue weighted by Gasteiger charge is 2.43. The molecule has 29 heavy (non-hydrogen) atoms. The van der Waals surface area contributed by atoms with Crippen LogP contribution in [0.3, 0.4) is 0 Å². The first-order valence-electron chi connectivity index (χ1n) is 8.51. The van der Waals surface area contributed by atoms with E-state index in [2.05, 4.69) is 5.10 Å². The van der Waals surface area contributed by atoms with Gasteiger partial charge in [-0.3, -0.25) is 14.6 Å². The summed E-state index contributed by atoms with van der Waals surface area (Å²) in [6.45, 7) is 0. The topological polar surface area (TPSA) is 87.8 Å². The summed E-state index contributed by atoms with van der Waals surface area (Å²) in [4.78, 5) is 24.2. The first kappa shape index (κ1) is 20.3. The molecule has 2 aromatic rings. The van der Waals surface area contributed by atoms with Crippen molar-refractivity contribution < 1.29 is 27.2 Å². The molecule has 1 aliphatic rings. The van der Waals surface area contributed by atoms with Gasteiger partial charge in [-0.05, 0) is 29.8 Å². The van der Waals surface area contributed by atoms with Crippen LogP contribution in [0.1, 0.15) is 18.0 Å². The van der Waals surface area contributed by atoms with Gasteiger partial charge < -0.3 is 11.1 Å². The molecule has 0 saturated carbocycles. The predicted octanol–water partition coefficient (Wildman–Crippen LogP) is 2.67. The Balaban J connectivity index is 1.86. The quantitative estimate of drug-likeness (QED) is 0.746. The highest BCUT2D eigenvalue weighted by atomic mass is 19.4. The lowest BCUT2D eigenvalue weighted by atomic mass is 10.1. The lowest BCUT2D eigenvalue weighted by Gasteiger charge is -2.21. The number of alkyl halides is 3. The van der Waals surface area contributed by atoms with Gasteiger partial charge in [0.2, 0.25) is 5.91 Å². The molecule has 0 saturated heterocycles. The van der Waals surface area contributed by atoms with E-state index in [1.165, 1.54) is 36.4 Å². The zero-order valence-electron chi connectivity index (χ0n) is 14.9. The second-order valence-electron chi connectivity index (χ2n) is 6.35. The number of nitrogens with zero attached hydrogens (tertiary/aromatic N) is 2. The van der Waals surface area contributed by atoms with E-state index < -0.39 is 35.9 Å². The summed E-state index contributed by atoms with van der Waals surface area (Å²) < 4.78 is 53.5. The Hall–Kier alpha value is -3.43. The third kappa shape index (κ3) is 4.53. The van der Waals surface area contributed by atoms with Crippen LogP contribution in [0.5, 0.6) is 0 Å². The third-order valence-corrected chi connectivity index (χ3v) is 4.33. The molecule has 2 atom stereocenters. The molecule has 0 fully saturated rings. The van der Waals surface area contributed by atoms with Crippen LogP contribution in [0, 0.1) is 5.82 Å².